The van der Waals surface area contributed by atoms with E-state index >= 15 is 0 Å². The van der Waals surface area contributed by atoms with Crippen molar-refractivity contribution in [1.82, 2.24) is 0 Å². The van der Waals surface area contributed by atoms with Crippen LogP contribution >= 0.6 is 0 Å². The predicted molar refractivity (Wildman–Crippen MR) is 101 cm³/mol. The molecule has 0 radical (unpaired) electrons. The van der Waals surface area contributed by atoms with Gasteiger partial charge in [-0.25, -0.2) is 4.79 Å². The molecule has 4 atom stereocenters. The Labute approximate surface area is 165 Å². The fraction of sp³-hybridized carbons (Fsp3) is 0.667. The summed E-state index contributed by atoms with van der Waals surface area (Å²) in [5.74, 6) is -2.03. The van der Waals surface area contributed by atoms with Crippen molar-refractivity contribution >= 4 is 17.9 Å². The van der Waals surface area contributed by atoms with Crippen LogP contribution in [0.5, 0.6) is 0 Å². The van der Waals surface area contributed by atoms with Crippen molar-refractivity contribution in [3.05, 3.63) is 23.3 Å². The van der Waals surface area contributed by atoms with E-state index in [2.05, 4.69) is 6.58 Å². The second-order valence-electron chi connectivity index (χ2n) is 7.82. The first kappa shape index (κ1) is 22.1. The molecule has 1 aliphatic heterocycles. The van der Waals surface area contributed by atoms with E-state index in [1.807, 2.05) is 6.92 Å². The van der Waals surface area contributed by atoms with Crippen LogP contribution in [0.3, 0.4) is 0 Å². The number of ether oxygens (including phenoxy) is 3. The van der Waals surface area contributed by atoms with Gasteiger partial charge in [-0.1, -0.05) is 27.4 Å². The van der Waals surface area contributed by atoms with E-state index < -0.39 is 30.1 Å². The molecule has 1 N–H and O–H groups in total. The first-order chi connectivity index (χ1) is 13.2. The van der Waals surface area contributed by atoms with Crippen molar-refractivity contribution < 1.29 is 33.7 Å². The Morgan fingerprint density at radius 3 is 2.57 bits per heavy atom. The Hall–Kier alpha value is -2.15. The maximum absolute atomic E-state index is 12.1. The van der Waals surface area contributed by atoms with E-state index in [4.69, 9.17) is 14.2 Å². The summed E-state index contributed by atoms with van der Waals surface area (Å²) in [6.45, 7) is 10.7. The third-order valence-electron chi connectivity index (χ3n) is 5.29. The van der Waals surface area contributed by atoms with Crippen molar-refractivity contribution in [2.24, 2.45) is 17.8 Å². The topological polar surface area (TPSA) is 99.1 Å². The van der Waals surface area contributed by atoms with Crippen LogP contribution < -0.4 is 0 Å². The zero-order valence-corrected chi connectivity index (χ0v) is 17.0. The third kappa shape index (κ3) is 4.82. The standard InChI is InChI=1S/C21H30O7/c1-11(2)20(24)26-10-15-9-16-18(13(4)21(25)28-16)19(27-14(5)23)17(15)12(3)7-6-8-22/h11-12,16,18-19,22H,4,6-10H2,1-3,5H3. The SMILES string of the molecule is C=C1C(=O)OC2CC(COC(=O)C(C)C)=C(C(C)CCCO)C(OC(C)=O)C12. The van der Waals surface area contributed by atoms with Gasteiger partial charge in [0, 0.05) is 25.5 Å². The number of hydrogen-bond donors (Lipinski definition) is 1. The summed E-state index contributed by atoms with van der Waals surface area (Å²) >= 11 is 0. The largest absolute Gasteiger partial charge is 0.461 e. The van der Waals surface area contributed by atoms with E-state index in [1.165, 1.54) is 6.92 Å². The fourth-order valence-corrected chi connectivity index (χ4v) is 3.91. The first-order valence-electron chi connectivity index (χ1n) is 9.73. The molecule has 1 aliphatic carbocycles. The third-order valence-corrected chi connectivity index (χ3v) is 5.29. The lowest BCUT2D eigenvalue weighted by atomic mass is 9.73. The lowest BCUT2D eigenvalue weighted by molar-refractivity contribution is -0.150. The Morgan fingerprint density at radius 2 is 2.00 bits per heavy atom. The molecule has 1 fully saturated rings. The van der Waals surface area contributed by atoms with Gasteiger partial charge in [-0.3, -0.25) is 9.59 Å². The zero-order valence-electron chi connectivity index (χ0n) is 17.0. The smallest absolute Gasteiger partial charge is 0.334 e. The number of hydrogen-bond acceptors (Lipinski definition) is 7. The van der Waals surface area contributed by atoms with Crippen molar-refractivity contribution in [3.63, 3.8) is 0 Å². The van der Waals surface area contributed by atoms with Crippen LogP contribution in [-0.2, 0) is 28.6 Å². The van der Waals surface area contributed by atoms with Gasteiger partial charge >= 0.3 is 17.9 Å². The van der Waals surface area contributed by atoms with Gasteiger partial charge in [0.25, 0.3) is 0 Å². The zero-order chi connectivity index (χ0) is 21.0. The van der Waals surface area contributed by atoms with Gasteiger partial charge in [-0.2, -0.15) is 0 Å². The highest BCUT2D eigenvalue weighted by molar-refractivity contribution is 5.91. The molecule has 0 amide bonds. The van der Waals surface area contributed by atoms with Crippen LogP contribution in [0.2, 0.25) is 0 Å². The highest BCUT2D eigenvalue weighted by atomic mass is 16.6. The second kappa shape index (κ2) is 9.37. The summed E-state index contributed by atoms with van der Waals surface area (Å²) in [6, 6.07) is 0. The molecule has 0 aromatic rings. The maximum Gasteiger partial charge on any atom is 0.334 e. The summed E-state index contributed by atoms with van der Waals surface area (Å²) in [7, 11) is 0. The summed E-state index contributed by atoms with van der Waals surface area (Å²) < 4.78 is 16.5. The lowest BCUT2D eigenvalue weighted by Crippen LogP contribution is -2.41. The average molecular weight is 394 g/mol. The van der Waals surface area contributed by atoms with E-state index in [-0.39, 0.29) is 31.0 Å². The van der Waals surface area contributed by atoms with Crippen molar-refractivity contribution in [1.29, 1.82) is 0 Å². The maximum atomic E-state index is 12.1. The van der Waals surface area contributed by atoms with Crippen LogP contribution in [0.1, 0.15) is 47.0 Å². The highest BCUT2D eigenvalue weighted by Crippen LogP contribution is 2.45. The van der Waals surface area contributed by atoms with Crippen LogP contribution in [0.25, 0.3) is 0 Å². The van der Waals surface area contributed by atoms with Gasteiger partial charge < -0.3 is 19.3 Å². The summed E-state index contributed by atoms with van der Waals surface area (Å²) in [5.41, 5.74) is 1.93. The number of aliphatic hydroxyl groups excluding tert-OH is 1. The molecule has 0 bridgehead atoms. The Balaban J connectivity index is 2.43. The van der Waals surface area contributed by atoms with Gasteiger partial charge in [0.15, 0.2) is 0 Å². The van der Waals surface area contributed by atoms with Gasteiger partial charge in [-0.05, 0) is 29.9 Å². The molecule has 2 rings (SSSR count). The molecule has 1 saturated heterocycles. The van der Waals surface area contributed by atoms with Crippen LogP contribution in [0.4, 0.5) is 0 Å². The molecule has 28 heavy (non-hydrogen) atoms. The molecule has 0 spiro atoms. The van der Waals surface area contributed by atoms with E-state index in [0.29, 0.717) is 24.8 Å². The quantitative estimate of drug-likeness (QED) is 0.292. The minimum Gasteiger partial charge on any atom is -0.461 e. The number of carbonyl (C=O) groups is 3. The van der Waals surface area contributed by atoms with Gasteiger partial charge in [0.2, 0.25) is 0 Å². The van der Waals surface area contributed by atoms with Gasteiger partial charge in [0.1, 0.15) is 18.8 Å². The molecule has 2 aliphatic rings. The number of carbonyl (C=O) groups excluding carboxylic acids is 3. The highest BCUT2D eigenvalue weighted by Gasteiger charge is 2.50. The number of rotatable bonds is 8. The van der Waals surface area contributed by atoms with Crippen LogP contribution in [-0.4, -0.2) is 48.4 Å². The van der Waals surface area contributed by atoms with Crippen molar-refractivity contribution in [3.8, 4) is 0 Å². The number of fused-ring (bicyclic) bond motifs is 1. The van der Waals surface area contributed by atoms with Gasteiger partial charge in [0.05, 0.1) is 11.8 Å². The Kier molecular flexibility index (Phi) is 7.41. The monoisotopic (exact) mass is 394 g/mol. The van der Waals surface area contributed by atoms with Gasteiger partial charge in [-0.15, -0.1) is 0 Å². The summed E-state index contributed by atoms with van der Waals surface area (Å²) in [5, 5.41) is 9.21. The number of esters is 3. The molecule has 0 aromatic heterocycles. The molecular weight excluding hydrogens is 364 g/mol. The van der Waals surface area contributed by atoms with Crippen LogP contribution in [0, 0.1) is 17.8 Å². The number of aliphatic hydroxyl groups is 1. The van der Waals surface area contributed by atoms with Crippen molar-refractivity contribution in [2.45, 2.75) is 59.2 Å². The minimum absolute atomic E-state index is 0.0336. The molecule has 1 heterocycles. The average Bonchev–Trinajstić information content (AvgIpc) is 2.90. The molecule has 7 nitrogen and oxygen atoms in total. The molecule has 0 aromatic carbocycles. The van der Waals surface area contributed by atoms with Crippen LogP contribution in [0.15, 0.2) is 23.3 Å². The fourth-order valence-electron chi connectivity index (χ4n) is 3.91. The van der Waals surface area contributed by atoms with Crippen molar-refractivity contribution in [2.75, 3.05) is 13.2 Å². The normalized spacial score (nSPS) is 25.4. The molecular formula is C21H30O7. The Bertz CT molecular complexity index is 676. The molecule has 0 saturated carbocycles. The van der Waals surface area contributed by atoms with E-state index in [1.54, 1.807) is 13.8 Å². The lowest BCUT2D eigenvalue weighted by Gasteiger charge is -2.38. The summed E-state index contributed by atoms with van der Waals surface area (Å²) in [4.78, 5) is 35.9. The molecule has 4 unspecified atom stereocenters. The minimum atomic E-state index is -0.698. The van der Waals surface area contributed by atoms with E-state index in [9.17, 15) is 19.5 Å². The molecule has 156 valence electrons. The Morgan fingerprint density at radius 1 is 1.32 bits per heavy atom. The first-order valence-corrected chi connectivity index (χ1v) is 9.73. The predicted octanol–water partition coefficient (Wildman–Crippen LogP) is 2.32. The second-order valence-corrected chi connectivity index (χ2v) is 7.82. The molecule has 7 heteroatoms. The summed E-state index contributed by atoms with van der Waals surface area (Å²) in [6.07, 6.45) is 0.463. The van der Waals surface area contributed by atoms with E-state index in [0.717, 1.165) is 11.1 Å².